The van der Waals surface area contributed by atoms with Crippen molar-refractivity contribution >= 4 is 35.0 Å². The number of rotatable bonds is 6. The number of hydrogen-bond donors (Lipinski definition) is 1. The van der Waals surface area contributed by atoms with E-state index in [0.29, 0.717) is 48.9 Å². The van der Waals surface area contributed by atoms with Crippen LogP contribution < -0.4 is 10.2 Å². The summed E-state index contributed by atoms with van der Waals surface area (Å²) in [6.45, 7) is 3.90. The second-order valence-corrected chi connectivity index (χ2v) is 10.3. The zero-order valence-electron chi connectivity index (χ0n) is 19.9. The van der Waals surface area contributed by atoms with Crippen molar-refractivity contribution in [2.45, 2.75) is 50.1 Å². The summed E-state index contributed by atoms with van der Waals surface area (Å²) in [4.78, 5) is 42.5. The van der Waals surface area contributed by atoms with E-state index >= 15 is 0 Å². The topological polar surface area (TPSA) is 79.0 Å². The second-order valence-electron chi connectivity index (χ2n) is 9.85. The molecule has 0 aliphatic carbocycles. The molecule has 0 spiro atoms. The van der Waals surface area contributed by atoms with E-state index in [9.17, 15) is 14.4 Å². The highest BCUT2D eigenvalue weighted by Crippen LogP contribution is 2.44. The number of amides is 3. The molecule has 0 bridgehead atoms. The molecule has 8 heteroatoms. The number of carbonyl (C=O) groups excluding carboxylic acids is 3. The molecular weight excluding hydrogens is 466 g/mol. The number of halogens is 1. The lowest BCUT2D eigenvalue weighted by Gasteiger charge is -2.48. The van der Waals surface area contributed by atoms with Crippen LogP contribution in [0.2, 0.25) is 5.02 Å². The standard InChI is InChI=1S/C27H30ClN3O4/c1-26-11-9-24(33)31(26)22-8-3-2-7-21(22)25(34)30(26)14-10-23(32)29-18-27(12-15-35-16-13-27)19-5-4-6-20(28)17-19/h2-8,17H,9-16,18H2,1H3,(H,29,32). The number of ether oxygens (including phenoxy) is 1. The quantitative estimate of drug-likeness (QED) is 0.659. The smallest absolute Gasteiger partial charge is 0.257 e. The van der Waals surface area contributed by atoms with Crippen LogP contribution in [-0.4, -0.2) is 54.6 Å². The van der Waals surface area contributed by atoms with Crippen LogP contribution in [0, 0.1) is 0 Å². The summed E-state index contributed by atoms with van der Waals surface area (Å²) in [5.74, 6) is -0.254. The minimum absolute atomic E-state index is 0.00452. The van der Waals surface area contributed by atoms with Crippen LogP contribution >= 0.6 is 11.6 Å². The summed E-state index contributed by atoms with van der Waals surface area (Å²) in [5, 5.41) is 3.78. The molecule has 3 aliphatic heterocycles. The molecule has 1 N–H and O–H groups in total. The predicted molar refractivity (Wildman–Crippen MR) is 133 cm³/mol. The first-order valence-electron chi connectivity index (χ1n) is 12.2. The third kappa shape index (κ3) is 4.21. The molecule has 0 aromatic heterocycles. The van der Waals surface area contributed by atoms with Gasteiger partial charge in [-0.2, -0.15) is 0 Å². The summed E-state index contributed by atoms with van der Waals surface area (Å²) < 4.78 is 5.59. The van der Waals surface area contributed by atoms with Gasteiger partial charge in [-0.3, -0.25) is 19.3 Å². The van der Waals surface area contributed by atoms with Gasteiger partial charge in [0.2, 0.25) is 11.8 Å². The highest BCUT2D eigenvalue weighted by molar-refractivity contribution is 6.30. The maximum absolute atomic E-state index is 13.4. The molecule has 1 atom stereocenters. The Morgan fingerprint density at radius 3 is 2.63 bits per heavy atom. The number of benzene rings is 2. The summed E-state index contributed by atoms with van der Waals surface area (Å²) >= 11 is 6.26. The zero-order valence-corrected chi connectivity index (χ0v) is 20.6. The molecule has 35 heavy (non-hydrogen) atoms. The van der Waals surface area contributed by atoms with Crippen LogP contribution in [0.15, 0.2) is 48.5 Å². The van der Waals surface area contributed by atoms with Crippen LogP contribution in [0.3, 0.4) is 0 Å². The minimum Gasteiger partial charge on any atom is -0.381 e. The molecule has 5 rings (SSSR count). The van der Waals surface area contributed by atoms with Gasteiger partial charge in [0.25, 0.3) is 5.91 Å². The number of carbonyl (C=O) groups is 3. The Morgan fingerprint density at radius 2 is 1.86 bits per heavy atom. The molecule has 3 heterocycles. The van der Waals surface area contributed by atoms with Crippen molar-refractivity contribution in [3.63, 3.8) is 0 Å². The van der Waals surface area contributed by atoms with Gasteiger partial charge >= 0.3 is 0 Å². The predicted octanol–water partition coefficient (Wildman–Crippen LogP) is 3.89. The van der Waals surface area contributed by atoms with Crippen LogP contribution in [0.5, 0.6) is 0 Å². The number of nitrogens with zero attached hydrogens (tertiary/aromatic N) is 2. The molecule has 0 saturated carbocycles. The van der Waals surface area contributed by atoms with Gasteiger partial charge < -0.3 is 15.0 Å². The molecule has 3 amide bonds. The van der Waals surface area contributed by atoms with E-state index in [4.69, 9.17) is 16.3 Å². The number of anilines is 1. The van der Waals surface area contributed by atoms with Gasteiger partial charge in [-0.25, -0.2) is 0 Å². The summed E-state index contributed by atoms with van der Waals surface area (Å²) in [5.41, 5.74) is 1.27. The van der Waals surface area contributed by atoms with Crippen LogP contribution in [0.1, 0.15) is 54.9 Å². The molecule has 2 aromatic rings. The molecular formula is C27H30ClN3O4. The van der Waals surface area contributed by atoms with Gasteiger partial charge in [-0.05, 0) is 56.0 Å². The number of fused-ring (bicyclic) bond motifs is 3. The highest BCUT2D eigenvalue weighted by atomic mass is 35.5. The van der Waals surface area contributed by atoms with Gasteiger partial charge in [0, 0.05) is 49.6 Å². The van der Waals surface area contributed by atoms with Crippen molar-refractivity contribution < 1.29 is 19.1 Å². The lowest BCUT2D eigenvalue weighted by molar-refractivity contribution is -0.122. The monoisotopic (exact) mass is 495 g/mol. The van der Waals surface area contributed by atoms with Crippen LogP contribution in [-0.2, 0) is 19.7 Å². The molecule has 3 aliphatic rings. The number of nitrogens with one attached hydrogen (secondary N) is 1. The first-order valence-corrected chi connectivity index (χ1v) is 12.6. The summed E-state index contributed by atoms with van der Waals surface area (Å²) in [7, 11) is 0. The third-order valence-electron chi connectivity index (χ3n) is 7.82. The van der Waals surface area contributed by atoms with Gasteiger partial charge in [0.1, 0.15) is 5.66 Å². The first-order chi connectivity index (χ1) is 16.8. The number of hydrogen-bond acceptors (Lipinski definition) is 4. The second kappa shape index (κ2) is 9.28. The largest absolute Gasteiger partial charge is 0.381 e. The van der Waals surface area contributed by atoms with Crippen LogP contribution in [0.4, 0.5) is 5.69 Å². The van der Waals surface area contributed by atoms with Gasteiger partial charge in [-0.1, -0.05) is 35.9 Å². The molecule has 1 unspecified atom stereocenters. The van der Waals surface area contributed by atoms with Crippen molar-refractivity contribution in [1.29, 1.82) is 0 Å². The van der Waals surface area contributed by atoms with Gasteiger partial charge in [0.05, 0.1) is 11.3 Å². The van der Waals surface area contributed by atoms with E-state index < -0.39 is 5.66 Å². The molecule has 0 radical (unpaired) electrons. The fourth-order valence-electron chi connectivity index (χ4n) is 5.76. The van der Waals surface area contributed by atoms with E-state index in [-0.39, 0.29) is 36.1 Å². The van der Waals surface area contributed by atoms with E-state index in [1.165, 1.54) is 0 Å². The first kappa shape index (κ1) is 23.8. The highest BCUT2D eigenvalue weighted by Gasteiger charge is 2.52. The SMILES string of the molecule is CC12CCC(=O)N1c1ccccc1C(=O)N2CCC(=O)NCC1(c2cccc(Cl)c2)CCOCC1. The van der Waals surface area contributed by atoms with E-state index in [2.05, 4.69) is 11.4 Å². The normalized spacial score (nSPS) is 23.1. The summed E-state index contributed by atoms with van der Waals surface area (Å²) in [6, 6.07) is 15.0. The van der Waals surface area contributed by atoms with E-state index in [1.54, 1.807) is 21.9 Å². The average Bonchev–Trinajstić information content (AvgIpc) is 3.18. The van der Waals surface area contributed by atoms with Crippen molar-refractivity contribution in [3.05, 3.63) is 64.7 Å². The minimum atomic E-state index is -0.758. The van der Waals surface area contributed by atoms with Crippen molar-refractivity contribution in [1.82, 2.24) is 10.2 Å². The fraction of sp³-hybridized carbons (Fsp3) is 0.444. The Balaban J connectivity index is 1.29. The maximum Gasteiger partial charge on any atom is 0.257 e. The van der Waals surface area contributed by atoms with E-state index in [0.717, 1.165) is 18.4 Å². The Hall–Kier alpha value is -2.90. The van der Waals surface area contributed by atoms with Gasteiger partial charge in [0.15, 0.2) is 0 Å². The molecule has 184 valence electrons. The average molecular weight is 496 g/mol. The Morgan fingerprint density at radius 1 is 1.09 bits per heavy atom. The zero-order chi connectivity index (χ0) is 24.6. The summed E-state index contributed by atoms with van der Waals surface area (Å²) in [6.07, 6.45) is 2.68. The molecule has 2 aromatic carbocycles. The Bertz CT molecular complexity index is 1160. The molecule has 7 nitrogen and oxygen atoms in total. The van der Waals surface area contributed by atoms with Crippen molar-refractivity contribution in [2.75, 3.05) is 31.2 Å². The van der Waals surface area contributed by atoms with Gasteiger partial charge in [-0.15, -0.1) is 0 Å². The lowest BCUT2D eigenvalue weighted by Crippen LogP contribution is -2.62. The Labute approximate surface area is 210 Å². The number of para-hydroxylation sites is 1. The lowest BCUT2D eigenvalue weighted by atomic mass is 9.74. The van der Waals surface area contributed by atoms with Crippen molar-refractivity contribution in [3.8, 4) is 0 Å². The van der Waals surface area contributed by atoms with Crippen molar-refractivity contribution in [2.24, 2.45) is 0 Å². The molecule has 2 fully saturated rings. The fourth-order valence-corrected chi connectivity index (χ4v) is 5.95. The Kier molecular flexibility index (Phi) is 6.32. The van der Waals surface area contributed by atoms with Crippen LogP contribution in [0.25, 0.3) is 0 Å². The van der Waals surface area contributed by atoms with E-state index in [1.807, 2.05) is 37.3 Å². The molecule has 2 saturated heterocycles. The maximum atomic E-state index is 13.4. The third-order valence-corrected chi connectivity index (χ3v) is 8.05.